The summed E-state index contributed by atoms with van der Waals surface area (Å²) in [6.45, 7) is 3.44. The highest BCUT2D eigenvalue weighted by Crippen LogP contribution is 2.11. The first-order chi connectivity index (χ1) is 8.15. The van der Waals surface area contributed by atoms with E-state index in [1.807, 2.05) is 18.2 Å². The monoisotopic (exact) mass is 235 g/mol. The maximum atomic E-state index is 11.5. The molecule has 0 spiro atoms. The molecule has 17 heavy (non-hydrogen) atoms. The average molecular weight is 235 g/mol. The minimum atomic E-state index is -0.669. The van der Waals surface area contributed by atoms with Crippen LogP contribution in [0.1, 0.15) is 26.0 Å². The minimum Gasteiger partial charge on any atom is -0.465 e. The van der Waals surface area contributed by atoms with Crippen LogP contribution in [0.4, 0.5) is 0 Å². The van der Waals surface area contributed by atoms with Crippen molar-refractivity contribution in [3.63, 3.8) is 0 Å². The Kier molecular flexibility index (Phi) is 5.33. The zero-order valence-electron chi connectivity index (χ0n) is 10.2. The summed E-state index contributed by atoms with van der Waals surface area (Å²) in [5.74, 6) is -1.26. The number of carbonyl (C=O) groups excluding carboxylic acids is 2. The number of ketones is 1. The van der Waals surface area contributed by atoms with E-state index in [0.29, 0.717) is 19.4 Å². The molecule has 0 aliphatic heterocycles. The summed E-state index contributed by atoms with van der Waals surface area (Å²) in [6, 6.07) is 5.59. The number of pyridine rings is 1. The largest absolute Gasteiger partial charge is 0.465 e. The van der Waals surface area contributed by atoms with Crippen LogP contribution in [-0.2, 0) is 20.7 Å². The second-order valence-corrected chi connectivity index (χ2v) is 3.78. The summed E-state index contributed by atoms with van der Waals surface area (Å²) in [6.07, 6.45) is 2.75. The molecule has 1 aromatic heterocycles. The predicted molar refractivity (Wildman–Crippen MR) is 63.4 cm³/mol. The Hall–Kier alpha value is -1.71. The van der Waals surface area contributed by atoms with E-state index in [1.165, 1.54) is 6.92 Å². The maximum absolute atomic E-state index is 11.5. The van der Waals surface area contributed by atoms with Crippen molar-refractivity contribution in [2.75, 3.05) is 6.61 Å². The van der Waals surface area contributed by atoms with Crippen LogP contribution in [0.25, 0.3) is 0 Å². The first-order valence-electron chi connectivity index (χ1n) is 5.72. The molecule has 1 heterocycles. The number of ether oxygens (including phenoxy) is 1. The second kappa shape index (κ2) is 6.78. The molecule has 0 bridgehead atoms. The highest BCUT2D eigenvalue weighted by molar-refractivity contribution is 5.97. The van der Waals surface area contributed by atoms with E-state index in [2.05, 4.69) is 4.98 Å². The number of aromatic nitrogens is 1. The summed E-state index contributed by atoms with van der Waals surface area (Å²) < 4.78 is 4.87. The summed E-state index contributed by atoms with van der Waals surface area (Å²) in [5.41, 5.74) is 0.878. The van der Waals surface area contributed by atoms with E-state index in [0.717, 1.165) is 5.69 Å². The van der Waals surface area contributed by atoms with Gasteiger partial charge in [-0.2, -0.15) is 0 Å². The number of aryl methyl sites for hydroxylation is 1. The van der Waals surface area contributed by atoms with Crippen LogP contribution in [-0.4, -0.2) is 23.3 Å². The fraction of sp³-hybridized carbons (Fsp3) is 0.462. The Morgan fingerprint density at radius 2 is 2.18 bits per heavy atom. The number of rotatable bonds is 6. The normalized spacial score (nSPS) is 11.9. The summed E-state index contributed by atoms with van der Waals surface area (Å²) in [4.78, 5) is 27.1. The summed E-state index contributed by atoms with van der Waals surface area (Å²) >= 11 is 0. The molecule has 92 valence electrons. The van der Waals surface area contributed by atoms with Crippen LogP contribution in [0.3, 0.4) is 0 Å². The van der Waals surface area contributed by atoms with Gasteiger partial charge < -0.3 is 4.74 Å². The van der Waals surface area contributed by atoms with Crippen LogP contribution in [0.15, 0.2) is 24.4 Å². The van der Waals surface area contributed by atoms with Gasteiger partial charge in [-0.05, 0) is 38.8 Å². The van der Waals surface area contributed by atoms with Crippen molar-refractivity contribution in [1.82, 2.24) is 4.98 Å². The molecule has 4 heteroatoms. The summed E-state index contributed by atoms with van der Waals surface area (Å²) in [5, 5.41) is 0. The van der Waals surface area contributed by atoms with Crippen LogP contribution in [0.5, 0.6) is 0 Å². The molecule has 0 aliphatic carbocycles. The van der Waals surface area contributed by atoms with Gasteiger partial charge in [-0.1, -0.05) is 6.07 Å². The molecular formula is C13H17NO3. The van der Waals surface area contributed by atoms with E-state index in [9.17, 15) is 9.59 Å². The maximum Gasteiger partial charge on any atom is 0.316 e. The van der Waals surface area contributed by atoms with Gasteiger partial charge in [-0.15, -0.1) is 0 Å². The zero-order chi connectivity index (χ0) is 12.7. The third-order valence-corrected chi connectivity index (χ3v) is 2.48. The molecule has 0 unspecified atom stereocenters. The molecule has 1 atom stereocenters. The number of nitrogens with zero attached hydrogens (tertiary/aromatic N) is 1. The van der Waals surface area contributed by atoms with E-state index >= 15 is 0 Å². The van der Waals surface area contributed by atoms with Crippen LogP contribution >= 0.6 is 0 Å². The van der Waals surface area contributed by atoms with E-state index < -0.39 is 11.9 Å². The van der Waals surface area contributed by atoms with E-state index in [4.69, 9.17) is 4.74 Å². The fourth-order valence-electron chi connectivity index (χ4n) is 1.57. The average Bonchev–Trinajstić information content (AvgIpc) is 2.30. The standard InChI is InChI=1S/C13H17NO3/c1-3-17-13(16)12(10(2)15)8-7-11-6-4-5-9-14-11/h4-6,9,12H,3,7-8H2,1-2H3/t12-/m0/s1. The van der Waals surface area contributed by atoms with Gasteiger partial charge in [0.05, 0.1) is 6.61 Å². The lowest BCUT2D eigenvalue weighted by atomic mass is 9.98. The lowest BCUT2D eigenvalue weighted by molar-refractivity contribution is -0.151. The molecule has 0 saturated carbocycles. The van der Waals surface area contributed by atoms with Gasteiger partial charge in [0.25, 0.3) is 0 Å². The first kappa shape index (κ1) is 13.4. The minimum absolute atomic E-state index is 0.153. The van der Waals surface area contributed by atoms with Gasteiger partial charge in [0.1, 0.15) is 11.7 Å². The molecular weight excluding hydrogens is 218 g/mol. The third-order valence-electron chi connectivity index (χ3n) is 2.48. The topological polar surface area (TPSA) is 56.3 Å². The highest BCUT2D eigenvalue weighted by atomic mass is 16.5. The van der Waals surface area contributed by atoms with Crippen molar-refractivity contribution >= 4 is 11.8 Å². The first-order valence-corrected chi connectivity index (χ1v) is 5.72. The van der Waals surface area contributed by atoms with Gasteiger partial charge in [0.15, 0.2) is 0 Å². The van der Waals surface area contributed by atoms with Crippen molar-refractivity contribution in [2.45, 2.75) is 26.7 Å². The van der Waals surface area contributed by atoms with Crippen LogP contribution < -0.4 is 0 Å². The molecule has 0 saturated heterocycles. The van der Waals surface area contributed by atoms with Crippen LogP contribution in [0, 0.1) is 5.92 Å². The smallest absolute Gasteiger partial charge is 0.316 e. The fourth-order valence-corrected chi connectivity index (χ4v) is 1.57. The molecule has 0 N–H and O–H groups in total. The number of hydrogen-bond acceptors (Lipinski definition) is 4. The van der Waals surface area contributed by atoms with Crippen molar-refractivity contribution in [1.29, 1.82) is 0 Å². The third kappa shape index (κ3) is 4.34. The van der Waals surface area contributed by atoms with Gasteiger partial charge in [-0.25, -0.2) is 0 Å². The van der Waals surface area contributed by atoms with Crippen molar-refractivity contribution in [3.05, 3.63) is 30.1 Å². The summed E-state index contributed by atoms with van der Waals surface area (Å²) in [7, 11) is 0. The van der Waals surface area contributed by atoms with Gasteiger partial charge in [0, 0.05) is 11.9 Å². The van der Waals surface area contributed by atoms with E-state index in [-0.39, 0.29) is 5.78 Å². The molecule has 4 nitrogen and oxygen atoms in total. The molecule has 1 rings (SSSR count). The van der Waals surface area contributed by atoms with Crippen molar-refractivity contribution in [2.24, 2.45) is 5.92 Å². The number of Topliss-reactive ketones (excluding diaryl/α,β-unsaturated/α-hetero) is 1. The van der Waals surface area contributed by atoms with Crippen molar-refractivity contribution in [3.8, 4) is 0 Å². The van der Waals surface area contributed by atoms with Crippen molar-refractivity contribution < 1.29 is 14.3 Å². The molecule has 0 aliphatic rings. The Morgan fingerprint density at radius 1 is 1.41 bits per heavy atom. The Morgan fingerprint density at radius 3 is 2.71 bits per heavy atom. The van der Waals surface area contributed by atoms with Gasteiger partial charge >= 0.3 is 5.97 Å². The Bertz CT molecular complexity index is 376. The predicted octanol–water partition coefficient (Wildman–Crippen LogP) is 1.78. The number of hydrogen-bond donors (Lipinski definition) is 0. The van der Waals surface area contributed by atoms with Gasteiger partial charge in [0.2, 0.25) is 0 Å². The molecule has 0 aromatic carbocycles. The zero-order valence-corrected chi connectivity index (χ0v) is 10.2. The highest BCUT2D eigenvalue weighted by Gasteiger charge is 2.24. The lowest BCUT2D eigenvalue weighted by Crippen LogP contribution is -2.25. The quantitative estimate of drug-likeness (QED) is 0.557. The molecule has 1 aromatic rings. The van der Waals surface area contributed by atoms with Gasteiger partial charge in [-0.3, -0.25) is 14.6 Å². The number of carbonyl (C=O) groups is 2. The molecule has 0 fully saturated rings. The second-order valence-electron chi connectivity index (χ2n) is 3.78. The lowest BCUT2D eigenvalue weighted by Gasteiger charge is -2.11. The van der Waals surface area contributed by atoms with E-state index in [1.54, 1.807) is 13.1 Å². The molecule has 0 radical (unpaired) electrons. The Balaban J connectivity index is 2.56. The van der Waals surface area contributed by atoms with Crippen LogP contribution in [0.2, 0.25) is 0 Å². The Labute approximate surface area is 101 Å². The molecule has 0 amide bonds. The number of esters is 1. The SMILES string of the molecule is CCOC(=O)[C@@H](CCc1ccccn1)C(C)=O.